The van der Waals surface area contributed by atoms with Crippen molar-refractivity contribution in [1.82, 2.24) is 0 Å². The topological polar surface area (TPSA) is 44.8 Å². The molecule has 4 nitrogen and oxygen atoms in total. The first-order valence-electron chi connectivity index (χ1n) is 11.8. The summed E-state index contributed by atoms with van der Waals surface area (Å²) < 4.78 is 18.7. The Hall–Kier alpha value is -0.610. The number of carbonyl (C=O) groups is 1. The van der Waals surface area contributed by atoms with Gasteiger partial charge in [0.25, 0.3) is 0 Å². The Morgan fingerprint density at radius 3 is 2.03 bits per heavy atom. The molecule has 0 aromatic carbocycles. The monoisotopic (exact) mass is 408 g/mol. The average molecular weight is 409 g/mol. The fourth-order valence-corrected chi connectivity index (χ4v) is 6.90. The molecule has 0 radical (unpaired) electrons. The lowest BCUT2D eigenvalue weighted by molar-refractivity contribution is -0.280. The molecule has 4 aliphatic rings. The molecule has 0 spiro atoms. The van der Waals surface area contributed by atoms with Gasteiger partial charge in [-0.25, -0.2) is 0 Å². The van der Waals surface area contributed by atoms with Crippen LogP contribution >= 0.6 is 0 Å². The normalized spacial score (nSPS) is 36.9. The van der Waals surface area contributed by atoms with Crippen molar-refractivity contribution < 1.29 is 19.0 Å². The van der Waals surface area contributed by atoms with Gasteiger partial charge in [-0.2, -0.15) is 0 Å². The van der Waals surface area contributed by atoms with E-state index in [0.29, 0.717) is 18.4 Å². The van der Waals surface area contributed by atoms with Crippen molar-refractivity contribution in [1.29, 1.82) is 0 Å². The van der Waals surface area contributed by atoms with Crippen LogP contribution in [-0.2, 0) is 19.0 Å². The van der Waals surface area contributed by atoms with E-state index in [1.54, 1.807) is 0 Å². The molecule has 0 aromatic rings. The molecule has 29 heavy (non-hydrogen) atoms. The molecule has 168 valence electrons. The summed E-state index contributed by atoms with van der Waals surface area (Å²) in [4.78, 5) is 13.6. The molecule has 4 atom stereocenters. The number of hydrogen-bond donors (Lipinski definition) is 0. The van der Waals surface area contributed by atoms with Crippen LogP contribution in [0.2, 0.25) is 0 Å². The molecule has 0 saturated heterocycles. The third kappa shape index (κ3) is 4.84. The summed E-state index contributed by atoms with van der Waals surface area (Å²) in [5.41, 5.74) is -0.913. The number of hydrogen-bond acceptors (Lipinski definition) is 4. The fraction of sp³-hybridized carbons (Fsp3) is 0.960. The second kappa shape index (κ2) is 7.82. The van der Waals surface area contributed by atoms with E-state index in [2.05, 4.69) is 41.5 Å². The minimum Gasteiger partial charge on any atom is -0.459 e. The average Bonchev–Trinajstić information content (AvgIpc) is 2.50. The molecule has 4 saturated carbocycles. The molecule has 0 N–H and O–H groups in total. The van der Waals surface area contributed by atoms with Crippen molar-refractivity contribution in [3.63, 3.8) is 0 Å². The largest absolute Gasteiger partial charge is 0.459 e. The third-order valence-corrected chi connectivity index (χ3v) is 7.72. The Morgan fingerprint density at radius 1 is 1.00 bits per heavy atom. The van der Waals surface area contributed by atoms with E-state index in [1.807, 2.05) is 13.8 Å². The van der Waals surface area contributed by atoms with E-state index in [-0.39, 0.29) is 34.8 Å². The number of carbonyl (C=O) groups excluding carboxylic acids is 1. The van der Waals surface area contributed by atoms with Crippen LogP contribution in [0.5, 0.6) is 0 Å². The molecule has 0 aromatic heterocycles. The molecule has 4 bridgehead atoms. The molecule has 0 aliphatic heterocycles. The summed E-state index contributed by atoms with van der Waals surface area (Å²) in [5.74, 6) is 1.44. The van der Waals surface area contributed by atoms with E-state index in [1.165, 1.54) is 6.42 Å². The first kappa shape index (κ1) is 23.1. The van der Waals surface area contributed by atoms with E-state index >= 15 is 0 Å². The molecule has 4 unspecified atom stereocenters. The zero-order valence-corrected chi connectivity index (χ0v) is 20.1. The van der Waals surface area contributed by atoms with Crippen molar-refractivity contribution in [2.75, 3.05) is 6.61 Å². The van der Waals surface area contributed by atoms with Crippen LogP contribution in [0.4, 0.5) is 0 Å². The maximum Gasteiger partial charge on any atom is 0.312 e. The summed E-state index contributed by atoms with van der Waals surface area (Å²) in [6.07, 6.45) is 6.91. The highest BCUT2D eigenvalue weighted by atomic mass is 16.7. The van der Waals surface area contributed by atoms with Gasteiger partial charge in [-0.05, 0) is 82.5 Å². The summed E-state index contributed by atoms with van der Waals surface area (Å²) in [7, 11) is 0. The van der Waals surface area contributed by atoms with Gasteiger partial charge >= 0.3 is 5.97 Å². The van der Waals surface area contributed by atoms with Gasteiger partial charge in [0.2, 0.25) is 0 Å². The van der Waals surface area contributed by atoms with Crippen LogP contribution < -0.4 is 0 Å². The molecule has 0 amide bonds. The molecule has 4 heteroatoms. The van der Waals surface area contributed by atoms with Crippen molar-refractivity contribution in [2.24, 2.45) is 28.6 Å². The minimum atomic E-state index is -0.464. The Bertz CT molecular complexity index is 590. The van der Waals surface area contributed by atoms with Gasteiger partial charge < -0.3 is 14.2 Å². The van der Waals surface area contributed by atoms with Gasteiger partial charge in [0.1, 0.15) is 5.60 Å². The van der Waals surface area contributed by atoms with Crippen molar-refractivity contribution in [3.05, 3.63) is 0 Å². The number of ether oxygens (including phenoxy) is 3. The predicted molar refractivity (Wildman–Crippen MR) is 115 cm³/mol. The van der Waals surface area contributed by atoms with Crippen molar-refractivity contribution >= 4 is 5.97 Å². The maximum atomic E-state index is 13.6. The van der Waals surface area contributed by atoms with Gasteiger partial charge in [0.15, 0.2) is 6.29 Å². The van der Waals surface area contributed by atoms with Gasteiger partial charge in [-0.1, -0.05) is 34.6 Å². The molecule has 4 aliphatic carbocycles. The lowest BCUT2D eigenvalue weighted by Gasteiger charge is -2.61. The van der Waals surface area contributed by atoms with Crippen LogP contribution in [0.15, 0.2) is 0 Å². The van der Waals surface area contributed by atoms with Crippen LogP contribution in [0, 0.1) is 28.6 Å². The third-order valence-electron chi connectivity index (χ3n) is 7.72. The predicted octanol–water partition coefficient (Wildman–Crippen LogP) is 6.12. The summed E-state index contributed by atoms with van der Waals surface area (Å²) >= 11 is 0. The second-order valence-corrected chi connectivity index (χ2v) is 12.2. The van der Waals surface area contributed by atoms with E-state index in [9.17, 15) is 4.79 Å². The Kier molecular flexibility index (Phi) is 6.22. The first-order valence-corrected chi connectivity index (χ1v) is 11.8. The summed E-state index contributed by atoms with van der Waals surface area (Å²) in [6.45, 7) is 17.7. The number of rotatable bonds is 8. The zero-order valence-electron chi connectivity index (χ0n) is 20.1. The lowest BCUT2D eigenvalue weighted by Crippen LogP contribution is -2.62. The molecular weight excluding hydrogens is 364 g/mol. The summed E-state index contributed by atoms with van der Waals surface area (Å²) in [5, 5.41) is 0. The lowest BCUT2D eigenvalue weighted by atomic mass is 9.52. The quantitative estimate of drug-likeness (QED) is 0.358. The molecule has 0 heterocycles. The smallest absolute Gasteiger partial charge is 0.312 e. The highest BCUT2D eigenvalue weighted by molar-refractivity contribution is 5.77. The van der Waals surface area contributed by atoms with Crippen LogP contribution in [0.1, 0.15) is 100 Å². The Labute approximate surface area is 178 Å². The highest BCUT2D eigenvalue weighted by Gasteiger charge is 2.61. The van der Waals surface area contributed by atoms with E-state index in [4.69, 9.17) is 14.2 Å². The molecule has 4 fully saturated rings. The minimum absolute atomic E-state index is 0.00242. The Morgan fingerprint density at radius 2 is 1.55 bits per heavy atom. The maximum absolute atomic E-state index is 13.6. The summed E-state index contributed by atoms with van der Waals surface area (Å²) in [6, 6.07) is 0. The van der Waals surface area contributed by atoms with Gasteiger partial charge in [0.05, 0.1) is 11.0 Å². The van der Waals surface area contributed by atoms with Gasteiger partial charge in [-0.15, -0.1) is 0 Å². The highest BCUT2D eigenvalue weighted by Crippen LogP contribution is 2.61. The SMILES string of the molecule is CCOC(C)OC12CC3CC(CC(OC(=O)C(C)(CC(C)(C)C)C(C)C)(C3)C1)C2. The molecule has 4 rings (SSSR count). The molecular formula is C25H44O4. The van der Waals surface area contributed by atoms with Crippen molar-refractivity contribution in [3.8, 4) is 0 Å². The number of esters is 1. The van der Waals surface area contributed by atoms with Crippen LogP contribution in [-0.4, -0.2) is 30.1 Å². The second-order valence-electron chi connectivity index (χ2n) is 12.2. The van der Waals surface area contributed by atoms with E-state index in [0.717, 1.165) is 38.5 Å². The fourth-order valence-electron chi connectivity index (χ4n) is 6.90. The van der Waals surface area contributed by atoms with Gasteiger partial charge in [-0.3, -0.25) is 4.79 Å². The van der Waals surface area contributed by atoms with Gasteiger partial charge in [0, 0.05) is 13.0 Å². The standard InChI is InChI=1S/C25H44O4/c1-9-27-18(4)28-24-11-19-10-20(12-24)14-25(13-19,16-24)29-21(26)23(8,17(2)3)15-22(5,6)7/h17-20H,9-16H2,1-8H3. The van der Waals surface area contributed by atoms with E-state index < -0.39 is 5.41 Å². The zero-order chi connectivity index (χ0) is 21.7. The van der Waals surface area contributed by atoms with Crippen LogP contribution in [0.3, 0.4) is 0 Å². The Balaban J connectivity index is 1.80. The van der Waals surface area contributed by atoms with Crippen LogP contribution in [0.25, 0.3) is 0 Å². The first-order chi connectivity index (χ1) is 13.3. The van der Waals surface area contributed by atoms with Crippen molar-refractivity contribution in [2.45, 2.75) is 118 Å².